The number of carboxylic acids is 1. The number of benzene rings is 3. The number of aliphatic hydroxyl groups is 1. The zero-order valence-electron chi connectivity index (χ0n) is 21.7. The number of fused-ring (bicyclic) bond motifs is 3. The molecule has 0 spiro atoms. The minimum Gasteiger partial charge on any atom is -0.480 e. The number of alkyl carbamates (subject to hydrolysis) is 1. The van der Waals surface area contributed by atoms with E-state index in [0.29, 0.717) is 6.54 Å². The minimum absolute atomic E-state index is 0.0797. The van der Waals surface area contributed by atoms with Gasteiger partial charge in [-0.25, -0.2) is 9.59 Å². The summed E-state index contributed by atoms with van der Waals surface area (Å²) >= 11 is 0. The zero-order valence-corrected chi connectivity index (χ0v) is 21.7. The monoisotopic (exact) mass is 531 g/mol. The number of nitrogens with zero attached hydrogens (tertiary/aromatic N) is 1. The van der Waals surface area contributed by atoms with Gasteiger partial charge < -0.3 is 25.6 Å². The maximum Gasteiger partial charge on any atom is 0.407 e. The van der Waals surface area contributed by atoms with Gasteiger partial charge in [-0.05, 0) is 34.9 Å². The Kier molecular flexibility index (Phi) is 9.30. The van der Waals surface area contributed by atoms with Crippen molar-refractivity contribution in [2.45, 2.75) is 31.0 Å². The Morgan fingerprint density at radius 2 is 1.46 bits per heavy atom. The number of ether oxygens (including phenoxy) is 1. The van der Waals surface area contributed by atoms with Crippen LogP contribution in [-0.2, 0) is 20.9 Å². The summed E-state index contributed by atoms with van der Waals surface area (Å²) in [5, 5.41) is 23.6. The molecular weight excluding hydrogens is 498 g/mol. The van der Waals surface area contributed by atoms with Gasteiger partial charge in [0.25, 0.3) is 0 Å². The number of likely N-dealkylation sites (N-methyl/N-ethyl adjacent to an activating group) is 1. The molecule has 39 heavy (non-hydrogen) atoms. The first-order valence-electron chi connectivity index (χ1n) is 12.9. The molecule has 3 aromatic carbocycles. The van der Waals surface area contributed by atoms with Crippen LogP contribution in [0.15, 0.2) is 78.9 Å². The van der Waals surface area contributed by atoms with Crippen LogP contribution in [0.5, 0.6) is 0 Å². The van der Waals surface area contributed by atoms with Gasteiger partial charge in [0.1, 0.15) is 18.7 Å². The summed E-state index contributed by atoms with van der Waals surface area (Å²) in [6.07, 6.45) is -0.933. The molecule has 0 bridgehead atoms. The van der Waals surface area contributed by atoms with Crippen LogP contribution >= 0.6 is 0 Å². The molecule has 1 aliphatic carbocycles. The normalized spacial score (nSPS) is 13.7. The Morgan fingerprint density at radius 3 is 2.05 bits per heavy atom. The highest BCUT2D eigenvalue weighted by Crippen LogP contribution is 2.44. The standard InChI is InChI=1S/C30H33N3O6/c1-33(17-20-9-3-2-4-10-20)18-27(28(35)31-26(15-16-34)29(36)37)32-30(38)39-19-25-23-13-7-5-11-21(23)22-12-6-8-14-24(22)25/h2-14,25-27,34H,15-19H2,1H3,(H,31,35)(H,32,38)(H,36,37)/t26-,27?/m0/s1. The molecule has 0 heterocycles. The average Bonchev–Trinajstić information content (AvgIpc) is 3.25. The molecule has 0 aliphatic heterocycles. The van der Waals surface area contributed by atoms with E-state index in [4.69, 9.17) is 4.74 Å². The van der Waals surface area contributed by atoms with Gasteiger partial charge >= 0.3 is 12.1 Å². The van der Waals surface area contributed by atoms with Crippen molar-refractivity contribution in [3.8, 4) is 11.1 Å². The first kappa shape index (κ1) is 27.8. The van der Waals surface area contributed by atoms with Crippen molar-refractivity contribution >= 4 is 18.0 Å². The molecule has 0 radical (unpaired) electrons. The third-order valence-corrected chi connectivity index (χ3v) is 6.77. The van der Waals surface area contributed by atoms with Crippen LogP contribution in [0.4, 0.5) is 4.79 Å². The van der Waals surface area contributed by atoms with Gasteiger partial charge in [0.15, 0.2) is 0 Å². The maximum atomic E-state index is 13.1. The van der Waals surface area contributed by atoms with Crippen LogP contribution < -0.4 is 10.6 Å². The topological polar surface area (TPSA) is 128 Å². The molecule has 4 rings (SSSR count). The molecular formula is C30H33N3O6. The number of hydrogen-bond acceptors (Lipinski definition) is 6. The molecule has 4 N–H and O–H groups in total. The largest absolute Gasteiger partial charge is 0.480 e. The molecule has 0 aromatic heterocycles. The van der Waals surface area contributed by atoms with Gasteiger partial charge in [0, 0.05) is 32.0 Å². The number of aliphatic hydroxyl groups excluding tert-OH is 1. The molecule has 0 saturated carbocycles. The van der Waals surface area contributed by atoms with Crippen LogP contribution in [0.25, 0.3) is 11.1 Å². The number of hydrogen-bond donors (Lipinski definition) is 4. The van der Waals surface area contributed by atoms with Crippen LogP contribution in [-0.4, -0.2) is 72.0 Å². The molecule has 0 fully saturated rings. The second kappa shape index (κ2) is 13.0. The van der Waals surface area contributed by atoms with Gasteiger partial charge in [-0.15, -0.1) is 0 Å². The van der Waals surface area contributed by atoms with E-state index in [9.17, 15) is 24.6 Å². The third kappa shape index (κ3) is 7.01. The second-order valence-electron chi connectivity index (χ2n) is 9.62. The predicted octanol–water partition coefficient (Wildman–Crippen LogP) is 2.98. The van der Waals surface area contributed by atoms with Crippen LogP contribution in [0, 0.1) is 0 Å². The number of carbonyl (C=O) groups is 3. The van der Waals surface area contributed by atoms with E-state index in [1.165, 1.54) is 0 Å². The van der Waals surface area contributed by atoms with E-state index in [-0.39, 0.29) is 25.5 Å². The molecule has 1 unspecified atom stereocenters. The van der Waals surface area contributed by atoms with Gasteiger partial charge in [-0.1, -0.05) is 78.9 Å². The van der Waals surface area contributed by atoms with Gasteiger partial charge in [-0.2, -0.15) is 0 Å². The fourth-order valence-electron chi connectivity index (χ4n) is 4.91. The van der Waals surface area contributed by atoms with Crippen LogP contribution in [0.2, 0.25) is 0 Å². The smallest absolute Gasteiger partial charge is 0.407 e. The highest BCUT2D eigenvalue weighted by atomic mass is 16.5. The summed E-state index contributed by atoms with van der Waals surface area (Å²) in [4.78, 5) is 39.4. The summed E-state index contributed by atoms with van der Waals surface area (Å²) in [7, 11) is 1.80. The van der Waals surface area contributed by atoms with E-state index in [1.54, 1.807) is 7.05 Å². The Bertz CT molecular complexity index is 1250. The van der Waals surface area contributed by atoms with Gasteiger partial charge in [-0.3, -0.25) is 9.69 Å². The Morgan fingerprint density at radius 1 is 0.872 bits per heavy atom. The highest BCUT2D eigenvalue weighted by Gasteiger charge is 2.31. The van der Waals surface area contributed by atoms with Crippen molar-refractivity contribution in [2.75, 3.05) is 26.8 Å². The van der Waals surface area contributed by atoms with Crippen LogP contribution in [0.3, 0.4) is 0 Å². The molecule has 9 nitrogen and oxygen atoms in total. The van der Waals surface area contributed by atoms with E-state index < -0.39 is 36.7 Å². The van der Waals surface area contributed by atoms with E-state index in [1.807, 2.05) is 83.8 Å². The number of nitrogens with one attached hydrogen (secondary N) is 2. The lowest BCUT2D eigenvalue weighted by molar-refractivity contribution is -0.142. The maximum absolute atomic E-state index is 13.1. The number of aliphatic carboxylic acids is 1. The van der Waals surface area contributed by atoms with Crippen molar-refractivity contribution in [3.63, 3.8) is 0 Å². The minimum atomic E-state index is -1.28. The van der Waals surface area contributed by atoms with Gasteiger partial charge in [0.05, 0.1) is 0 Å². The Hall–Kier alpha value is -4.21. The Balaban J connectivity index is 1.44. The second-order valence-corrected chi connectivity index (χ2v) is 9.62. The molecule has 204 valence electrons. The highest BCUT2D eigenvalue weighted by molar-refractivity contribution is 5.89. The SMILES string of the molecule is CN(Cc1ccccc1)CC(NC(=O)OCC1c2ccccc2-c2ccccc21)C(=O)N[C@@H](CCO)C(=O)O. The number of amides is 2. The third-order valence-electron chi connectivity index (χ3n) is 6.77. The quantitative estimate of drug-likeness (QED) is 0.283. The summed E-state index contributed by atoms with van der Waals surface area (Å²) < 4.78 is 5.62. The van der Waals surface area contributed by atoms with Gasteiger partial charge in [0.2, 0.25) is 5.91 Å². The Labute approximate surface area is 227 Å². The van der Waals surface area contributed by atoms with Crippen molar-refractivity contribution in [1.82, 2.24) is 15.5 Å². The fourth-order valence-corrected chi connectivity index (χ4v) is 4.91. The predicted molar refractivity (Wildman–Crippen MR) is 146 cm³/mol. The molecule has 2 atom stereocenters. The summed E-state index contributed by atoms with van der Waals surface area (Å²) in [6.45, 7) is 0.290. The lowest BCUT2D eigenvalue weighted by Crippen LogP contribution is -2.55. The van der Waals surface area contributed by atoms with Crippen LogP contribution in [0.1, 0.15) is 29.0 Å². The van der Waals surface area contributed by atoms with E-state index in [0.717, 1.165) is 27.8 Å². The number of rotatable bonds is 12. The summed E-state index contributed by atoms with van der Waals surface area (Å²) in [6, 6.07) is 23.2. The summed E-state index contributed by atoms with van der Waals surface area (Å²) in [5.74, 6) is -2.09. The van der Waals surface area contributed by atoms with Crippen molar-refractivity contribution < 1.29 is 29.3 Å². The lowest BCUT2D eigenvalue weighted by Gasteiger charge is -2.26. The average molecular weight is 532 g/mol. The van der Waals surface area contributed by atoms with E-state index >= 15 is 0 Å². The van der Waals surface area contributed by atoms with E-state index in [2.05, 4.69) is 10.6 Å². The molecule has 3 aromatic rings. The fraction of sp³-hybridized carbons (Fsp3) is 0.300. The van der Waals surface area contributed by atoms with Crippen molar-refractivity contribution in [1.29, 1.82) is 0 Å². The number of carboxylic acid groups (broad SMARTS) is 1. The summed E-state index contributed by atoms with van der Waals surface area (Å²) in [5.41, 5.74) is 5.35. The van der Waals surface area contributed by atoms with Crippen molar-refractivity contribution in [2.24, 2.45) is 0 Å². The number of carbonyl (C=O) groups excluding carboxylic acids is 2. The van der Waals surface area contributed by atoms with Crippen molar-refractivity contribution in [3.05, 3.63) is 95.6 Å². The lowest BCUT2D eigenvalue weighted by atomic mass is 9.98. The molecule has 0 saturated heterocycles. The molecule has 9 heteroatoms. The first-order chi connectivity index (χ1) is 18.9. The molecule has 1 aliphatic rings. The zero-order chi connectivity index (χ0) is 27.8. The first-order valence-corrected chi connectivity index (χ1v) is 12.9. The molecule has 2 amide bonds.